The van der Waals surface area contributed by atoms with E-state index in [4.69, 9.17) is 0 Å². The van der Waals surface area contributed by atoms with Crippen molar-refractivity contribution in [2.75, 3.05) is 6.26 Å². The predicted octanol–water partition coefficient (Wildman–Crippen LogP) is 2.00. The number of benzene rings is 1. The molecule has 2 heterocycles. The van der Waals surface area contributed by atoms with E-state index in [1.807, 2.05) is 0 Å². The van der Waals surface area contributed by atoms with E-state index in [2.05, 4.69) is 10.1 Å². The van der Waals surface area contributed by atoms with E-state index in [1.165, 1.54) is 23.5 Å². The Morgan fingerprint density at radius 1 is 1.37 bits per heavy atom. The van der Waals surface area contributed by atoms with Crippen molar-refractivity contribution in [2.45, 2.75) is 4.90 Å². The maximum absolute atomic E-state index is 14.0. The van der Waals surface area contributed by atoms with Crippen molar-refractivity contribution in [2.24, 2.45) is 0 Å². The molecule has 5 nitrogen and oxygen atoms in total. The third-order valence-corrected chi connectivity index (χ3v) is 4.65. The van der Waals surface area contributed by atoms with Gasteiger partial charge in [0.05, 0.1) is 11.1 Å². The summed E-state index contributed by atoms with van der Waals surface area (Å²) in [5.74, 6) is -0.611. The lowest BCUT2D eigenvalue weighted by atomic mass is 10.2. The molecule has 19 heavy (non-hydrogen) atoms. The summed E-state index contributed by atoms with van der Waals surface area (Å²) in [4.78, 5) is 4.66. The van der Waals surface area contributed by atoms with Crippen molar-refractivity contribution in [3.63, 3.8) is 0 Å². The van der Waals surface area contributed by atoms with Crippen LogP contribution in [0.5, 0.6) is 0 Å². The minimum Gasteiger partial charge on any atom is -0.226 e. The van der Waals surface area contributed by atoms with Crippen LogP contribution in [0.3, 0.4) is 0 Å². The number of hydrogen-bond donors (Lipinski definition) is 0. The van der Waals surface area contributed by atoms with Gasteiger partial charge in [0, 0.05) is 18.0 Å². The lowest BCUT2D eigenvalue weighted by Crippen LogP contribution is -1.98. The fourth-order valence-corrected chi connectivity index (χ4v) is 3.16. The lowest BCUT2D eigenvalue weighted by Gasteiger charge is -2.01. The summed E-state index contributed by atoms with van der Waals surface area (Å²) in [6, 6.07) is 3.80. The monoisotopic (exact) mass is 297 g/mol. The smallest absolute Gasteiger partial charge is 0.212 e. The molecule has 8 heteroatoms. The molecule has 0 aliphatic heterocycles. The first-order chi connectivity index (χ1) is 8.95. The minimum atomic E-state index is -3.41. The minimum absolute atomic E-state index is 0.0462. The number of sulfone groups is 1. The number of halogens is 1. The van der Waals surface area contributed by atoms with E-state index >= 15 is 0 Å². The van der Waals surface area contributed by atoms with Gasteiger partial charge in [-0.1, -0.05) is 11.3 Å². The molecule has 3 aromatic rings. The van der Waals surface area contributed by atoms with Crippen LogP contribution in [0.2, 0.25) is 0 Å². The summed E-state index contributed by atoms with van der Waals surface area (Å²) < 4.78 is 38.2. The lowest BCUT2D eigenvalue weighted by molar-refractivity contribution is 0.596. The summed E-state index contributed by atoms with van der Waals surface area (Å²) in [6.45, 7) is 0. The summed E-state index contributed by atoms with van der Waals surface area (Å²) in [7, 11) is -3.41. The molecule has 0 N–H and O–H groups in total. The van der Waals surface area contributed by atoms with Crippen LogP contribution in [0.15, 0.2) is 35.5 Å². The molecule has 0 saturated heterocycles. The van der Waals surface area contributed by atoms with Gasteiger partial charge in [0.15, 0.2) is 14.8 Å². The topological polar surface area (TPSA) is 64.3 Å². The van der Waals surface area contributed by atoms with Crippen LogP contribution >= 0.6 is 11.3 Å². The normalized spacial score (nSPS) is 12.1. The van der Waals surface area contributed by atoms with Gasteiger partial charge >= 0.3 is 0 Å². The van der Waals surface area contributed by atoms with Crippen LogP contribution in [0.4, 0.5) is 4.39 Å². The molecule has 2 aromatic heterocycles. The third kappa shape index (κ3) is 2.13. The molecular weight excluding hydrogens is 289 g/mol. The van der Waals surface area contributed by atoms with Gasteiger partial charge in [-0.15, -0.1) is 0 Å². The molecular formula is C11H8FN3O2S2. The molecule has 0 bridgehead atoms. The largest absolute Gasteiger partial charge is 0.226 e. The number of rotatable bonds is 2. The Labute approximate surface area is 112 Å². The Kier molecular flexibility index (Phi) is 2.64. The first-order valence-electron chi connectivity index (χ1n) is 5.25. The van der Waals surface area contributed by atoms with Gasteiger partial charge in [0.25, 0.3) is 0 Å². The third-order valence-electron chi connectivity index (χ3n) is 2.57. The van der Waals surface area contributed by atoms with Crippen LogP contribution in [-0.4, -0.2) is 29.3 Å². The number of imidazole rings is 1. The van der Waals surface area contributed by atoms with Crippen molar-refractivity contribution < 1.29 is 12.8 Å². The van der Waals surface area contributed by atoms with E-state index in [9.17, 15) is 12.8 Å². The second-order valence-corrected chi connectivity index (χ2v) is 6.95. The zero-order chi connectivity index (χ0) is 13.6. The zero-order valence-electron chi connectivity index (χ0n) is 9.74. The van der Waals surface area contributed by atoms with Gasteiger partial charge in [0.1, 0.15) is 5.82 Å². The van der Waals surface area contributed by atoms with E-state index in [-0.39, 0.29) is 10.5 Å². The highest BCUT2D eigenvalue weighted by Gasteiger charge is 2.15. The molecule has 98 valence electrons. The number of nitrogens with zero attached hydrogens (tertiary/aromatic N) is 3. The second kappa shape index (κ2) is 4.10. The van der Waals surface area contributed by atoms with Crippen molar-refractivity contribution >= 4 is 26.1 Å². The van der Waals surface area contributed by atoms with E-state index in [0.29, 0.717) is 9.97 Å². The fourth-order valence-electron chi connectivity index (χ4n) is 1.65. The molecule has 0 atom stereocenters. The van der Waals surface area contributed by atoms with Crippen LogP contribution in [0.1, 0.15) is 0 Å². The highest BCUT2D eigenvalue weighted by atomic mass is 32.2. The zero-order valence-corrected chi connectivity index (χ0v) is 11.4. The van der Waals surface area contributed by atoms with E-state index < -0.39 is 15.7 Å². The molecule has 0 fully saturated rings. The standard InChI is InChI=1S/C11H8FN3O2S2/c1-19(16,17)7-2-3-8(9(12)6-7)10-14-15-5-4-13-11(15)18-10/h2-6H,1H3. The molecule has 0 spiro atoms. The Balaban J connectivity index is 2.13. The van der Waals surface area contributed by atoms with Gasteiger partial charge in [-0.3, -0.25) is 0 Å². The average Bonchev–Trinajstić information content (AvgIpc) is 2.87. The summed E-state index contributed by atoms with van der Waals surface area (Å²) in [5.41, 5.74) is 0.267. The van der Waals surface area contributed by atoms with E-state index in [1.54, 1.807) is 16.9 Å². The molecule has 0 saturated carbocycles. The van der Waals surface area contributed by atoms with E-state index in [0.717, 1.165) is 12.3 Å². The van der Waals surface area contributed by atoms with Crippen molar-refractivity contribution in [3.8, 4) is 10.6 Å². The SMILES string of the molecule is CS(=O)(=O)c1ccc(-c2nn3ccnc3s2)c(F)c1. The summed E-state index contributed by atoms with van der Waals surface area (Å²) in [5, 5.41) is 4.64. The molecule has 0 amide bonds. The Hall–Kier alpha value is -1.80. The molecule has 3 rings (SSSR count). The van der Waals surface area contributed by atoms with Crippen molar-refractivity contribution in [3.05, 3.63) is 36.4 Å². The van der Waals surface area contributed by atoms with Gasteiger partial charge in [-0.05, 0) is 18.2 Å². The van der Waals surface area contributed by atoms with Crippen LogP contribution in [0.25, 0.3) is 15.5 Å². The Morgan fingerprint density at radius 3 is 2.79 bits per heavy atom. The summed E-state index contributed by atoms with van der Waals surface area (Å²) >= 11 is 1.24. The molecule has 0 aliphatic rings. The highest BCUT2D eigenvalue weighted by Crippen LogP contribution is 2.28. The molecule has 0 unspecified atom stereocenters. The van der Waals surface area contributed by atoms with Gasteiger partial charge in [0.2, 0.25) is 4.96 Å². The Morgan fingerprint density at radius 2 is 2.16 bits per heavy atom. The molecule has 0 radical (unpaired) electrons. The quantitative estimate of drug-likeness (QED) is 0.725. The van der Waals surface area contributed by atoms with Gasteiger partial charge in [-0.2, -0.15) is 5.10 Å². The average molecular weight is 297 g/mol. The van der Waals surface area contributed by atoms with Crippen molar-refractivity contribution in [1.29, 1.82) is 0 Å². The number of aromatic nitrogens is 3. The maximum atomic E-state index is 14.0. The molecule has 0 aliphatic carbocycles. The van der Waals surface area contributed by atoms with Crippen LogP contribution in [0, 0.1) is 5.82 Å². The predicted molar refractivity (Wildman–Crippen MR) is 69.4 cm³/mol. The highest BCUT2D eigenvalue weighted by molar-refractivity contribution is 7.90. The maximum Gasteiger partial charge on any atom is 0.212 e. The number of fused-ring (bicyclic) bond motifs is 1. The first-order valence-corrected chi connectivity index (χ1v) is 7.96. The number of hydrogen-bond acceptors (Lipinski definition) is 5. The first kappa shape index (κ1) is 12.2. The van der Waals surface area contributed by atoms with Crippen molar-refractivity contribution in [1.82, 2.24) is 14.6 Å². The fraction of sp³-hybridized carbons (Fsp3) is 0.0909. The molecule has 1 aromatic carbocycles. The summed E-state index contributed by atoms with van der Waals surface area (Å²) in [6.07, 6.45) is 4.31. The van der Waals surface area contributed by atoms with Gasteiger partial charge in [-0.25, -0.2) is 22.3 Å². The second-order valence-electron chi connectivity index (χ2n) is 3.98. The van der Waals surface area contributed by atoms with Gasteiger partial charge < -0.3 is 0 Å². The van der Waals surface area contributed by atoms with Crippen LogP contribution in [-0.2, 0) is 9.84 Å². The van der Waals surface area contributed by atoms with Crippen LogP contribution < -0.4 is 0 Å². The Bertz CT molecular complexity index is 839.